The SMILES string of the molecule is COc1ccccc1N1CCN(CCN(c2ccccn2)C(=O)[C@H]2CC[C@H](F)CC2)CC1. The largest absolute Gasteiger partial charge is 0.495 e. The number of pyridine rings is 1. The molecular formula is C25H33FN4O2. The number of hydrogen-bond donors (Lipinski definition) is 0. The summed E-state index contributed by atoms with van der Waals surface area (Å²) in [6.45, 7) is 5.07. The first-order valence-electron chi connectivity index (χ1n) is 11.6. The van der Waals surface area contributed by atoms with Crippen LogP contribution in [0.15, 0.2) is 48.7 Å². The maximum Gasteiger partial charge on any atom is 0.231 e. The number of ether oxygens (including phenoxy) is 1. The molecule has 1 saturated carbocycles. The van der Waals surface area contributed by atoms with Gasteiger partial charge in [-0.05, 0) is 49.9 Å². The quantitative estimate of drug-likeness (QED) is 0.656. The fourth-order valence-corrected chi connectivity index (χ4v) is 4.72. The Morgan fingerprint density at radius 1 is 1.06 bits per heavy atom. The maximum absolute atomic E-state index is 13.6. The summed E-state index contributed by atoms with van der Waals surface area (Å²) in [5.41, 5.74) is 1.13. The third-order valence-electron chi connectivity index (χ3n) is 6.64. The zero-order valence-corrected chi connectivity index (χ0v) is 18.8. The minimum absolute atomic E-state index is 0.0863. The lowest BCUT2D eigenvalue weighted by molar-refractivity contribution is -0.123. The number of piperazine rings is 1. The number of para-hydroxylation sites is 2. The first-order chi connectivity index (χ1) is 15.7. The number of alkyl halides is 1. The Morgan fingerprint density at radius 2 is 1.78 bits per heavy atom. The molecule has 4 rings (SSSR count). The molecule has 0 bridgehead atoms. The van der Waals surface area contributed by atoms with E-state index < -0.39 is 6.17 Å². The summed E-state index contributed by atoms with van der Waals surface area (Å²) in [7, 11) is 1.71. The molecule has 0 spiro atoms. The highest BCUT2D eigenvalue weighted by molar-refractivity contribution is 5.94. The first kappa shape index (κ1) is 22.5. The van der Waals surface area contributed by atoms with Crippen molar-refractivity contribution in [3.05, 3.63) is 48.7 Å². The second-order valence-electron chi connectivity index (χ2n) is 8.63. The van der Waals surface area contributed by atoms with E-state index in [9.17, 15) is 9.18 Å². The highest BCUT2D eigenvalue weighted by Crippen LogP contribution is 2.30. The van der Waals surface area contributed by atoms with Crippen molar-refractivity contribution < 1.29 is 13.9 Å². The number of methoxy groups -OCH3 is 1. The Hall–Kier alpha value is -2.67. The topological polar surface area (TPSA) is 48.9 Å². The molecule has 0 unspecified atom stereocenters. The van der Waals surface area contributed by atoms with Gasteiger partial charge >= 0.3 is 0 Å². The normalized spacial score (nSPS) is 21.9. The van der Waals surface area contributed by atoms with Crippen molar-refractivity contribution >= 4 is 17.4 Å². The molecule has 1 saturated heterocycles. The first-order valence-corrected chi connectivity index (χ1v) is 11.6. The van der Waals surface area contributed by atoms with Crippen molar-refractivity contribution in [2.24, 2.45) is 5.92 Å². The highest BCUT2D eigenvalue weighted by atomic mass is 19.1. The van der Waals surface area contributed by atoms with Gasteiger partial charge in [0.1, 0.15) is 17.7 Å². The average molecular weight is 441 g/mol. The van der Waals surface area contributed by atoms with Crippen LogP contribution >= 0.6 is 0 Å². The standard InChI is InChI=1S/C25H33FN4O2/c1-32-23-7-3-2-6-22(23)29-17-14-28(15-18-29)16-19-30(24-8-4-5-13-27-24)25(31)20-9-11-21(26)12-10-20/h2-8,13,20-21H,9-12,14-19H2,1H3/t20-,21-. The number of benzene rings is 1. The number of anilines is 2. The molecule has 1 amide bonds. The third-order valence-corrected chi connectivity index (χ3v) is 6.64. The van der Waals surface area contributed by atoms with Gasteiger partial charge in [0.15, 0.2) is 0 Å². The Balaban J connectivity index is 1.36. The van der Waals surface area contributed by atoms with E-state index in [-0.39, 0.29) is 11.8 Å². The van der Waals surface area contributed by atoms with Crippen LogP contribution in [0.1, 0.15) is 25.7 Å². The van der Waals surface area contributed by atoms with Gasteiger partial charge in [-0.1, -0.05) is 18.2 Å². The molecule has 2 aromatic rings. The second-order valence-corrected chi connectivity index (χ2v) is 8.63. The lowest BCUT2D eigenvalue weighted by Crippen LogP contribution is -2.50. The molecule has 32 heavy (non-hydrogen) atoms. The van der Waals surface area contributed by atoms with E-state index in [1.54, 1.807) is 13.3 Å². The maximum atomic E-state index is 13.6. The minimum Gasteiger partial charge on any atom is -0.495 e. The second kappa shape index (κ2) is 10.8. The number of amides is 1. The van der Waals surface area contributed by atoms with Gasteiger partial charge in [0.2, 0.25) is 5.91 Å². The molecular weight excluding hydrogens is 407 g/mol. The molecule has 1 aliphatic heterocycles. The van der Waals surface area contributed by atoms with Crippen LogP contribution in [0.4, 0.5) is 15.9 Å². The predicted octanol–water partition coefficient (Wildman–Crippen LogP) is 3.77. The number of nitrogens with zero attached hydrogens (tertiary/aromatic N) is 4. The zero-order valence-electron chi connectivity index (χ0n) is 18.8. The lowest BCUT2D eigenvalue weighted by atomic mass is 9.87. The summed E-state index contributed by atoms with van der Waals surface area (Å²) >= 11 is 0. The number of carbonyl (C=O) groups is 1. The van der Waals surface area contributed by atoms with Crippen LogP contribution in [0, 0.1) is 5.92 Å². The van der Waals surface area contributed by atoms with Crippen LogP contribution in [-0.2, 0) is 4.79 Å². The Morgan fingerprint density at radius 3 is 2.47 bits per heavy atom. The van der Waals surface area contributed by atoms with Gasteiger partial charge in [-0.25, -0.2) is 9.37 Å². The molecule has 1 aromatic carbocycles. The number of carbonyl (C=O) groups excluding carboxylic acids is 1. The summed E-state index contributed by atoms with van der Waals surface area (Å²) in [4.78, 5) is 24.3. The van der Waals surface area contributed by atoms with E-state index in [0.29, 0.717) is 38.0 Å². The van der Waals surface area contributed by atoms with Crippen molar-refractivity contribution in [1.29, 1.82) is 0 Å². The molecule has 7 heteroatoms. The molecule has 2 aliphatic rings. The Labute approximate surface area is 190 Å². The van der Waals surface area contributed by atoms with Gasteiger partial charge in [-0.3, -0.25) is 14.6 Å². The molecule has 172 valence electrons. The van der Waals surface area contributed by atoms with E-state index in [2.05, 4.69) is 20.9 Å². The van der Waals surface area contributed by atoms with Gasteiger partial charge in [-0.2, -0.15) is 0 Å². The molecule has 1 aliphatic carbocycles. The fraction of sp³-hybridized carbons (Fsp3) is 0.520. The van der Waals surface area contributed by atoms with E-state index in [1.807, 2.05) is 41.3 Å². The summed E-state index contributed by atoms with van der Waals surface area (Å²) < 4.78 is 19.1. The summed E-state index contributed by atoms with van der Waals surface area (Å²) in [5.74, 6) is 1.57. The van der Waals surface area contributed by atoms with Gasteiger partial charge in [0.05, 0.1) is 12.8 Å². The molecule has 0 N–H and O–H groups in total. The predicted molar refractivity (Wildman–Crippen MR) is 125 cm³/mol. The van der Waals surface area contributed by atoms with E-state index in [4.69, 9.17) is 4.74 Å². The summed E-state index contributed by atoms with van der Waals surface area (Å²) in [6.07, 6.45) is 3.18. The molecule has 0 radical (unpaired) electrons. The smallest absolute Gasteiger partial charge is 0.231 e. The third kappa shape index (κ3) is 5.38. The molecule has 2 fully saturated rings. The molecule has 6 nitrogen and oxygen atoms in total. The van der Waals surface area contributed by atoms with Crippen LogP contribution in [0.3, 0.4) is 0 Å². The zero-order chi connectivity index (χ0) is 22.3. The molecule has 2 heterocycles. The number of rotatable bonds is 7. The van der Waals surface area contributed by atoms with Crippen LogP contribution in [0.25, 0.3) is 0 Å². The van der Waals surface area contributed by atoms with Crippen molar-refractivity contribution in [2.45, 2.75) is 31.9 Å². The van der Waals surface area contributed by atoms with E-state index >= 15 is 0 Å². The average Bonchev–Trinajstić information content (AvgIpc) is 2.85. The van der Waals surface area contributed by atoms with Crippen LogP contribution in [0.2, 0.25) is 0 Å². The minimum atomic E-state index is -0.762. The molecule has 1 aromatic heterocycles. The van der Waals surface area contributed by atoms with Gasteiger partial charge < -0.3 is 9.64 Å². The Kier molecular flexibility index (Phi) is 7.58. The van der Waals surface area contributed by atoms with Crippen molar-refractivity contribution in [2.75, 3.05) is 56.2 Å². The van der Waals surface area contributed by atoms with E-state index in [1.165, 1.54) is 0 Å². The molecule has 0 atom stereocenters. The van der Waals surface area contributed by atoms with E-state index in [0.717, 1.165) is 44.2 Å². The van der Waals surface area contributed by atoms with Crippen molar-refractivity contribution in [3.63, 3.8) is 0 Å². The van der Waals surface area contributed by atoms with Crippen LogP contribution in [-0.4, -0.2) is 68.3 Å². The summed E-state index contributed by atoms with van der Waals surface area (Å²) in [6, 6.07) is 13.8. The van der Waals surface area contributed by atoms with Crippen LogP contribution < -0.4 is 14.5 Å². The number of halogens is 1. The summed E-state index contributed by atoms with van der Waals surface area (Å²) in [5, 5.41) is 0. The Bertz CT molecular complexity index is 865. The lowest BCUT2D eigenvalue weighted by Gasteiger charge is -2.37. The van der Waals surface area contributed by atoms with Gasteiger partial charge in [0.25, 0.3) is 0 Å². The fourth-order valence-electron chi connectivity index (χ4n) is 4.72. The van der Waals surface area contributed by atoms with Crippen LogP contribution in [0.5, 0.6) is 5.75 Å². The number of aromatic nitrogens is 1. The van der Waals surface area contributed by atoms with Crippen molar-refractivity contribution in [1.82, 2.24) is 9.88 Å². The van der Waals surface area contributed by atoms with Gasteiger partial charge in [-0.15, -0.1) is 0 Å². The highest BCUT2D eigenvalue weighted by Gasteiger charge is 2.31. The number of hydrogen-bond acceptors (Lipinski definition) is 5. The van der Waals surface area contributed by atoms with Crippen molar-refractivity contribution in [3.8, 4) is 5.75 Å². The van der Waals surface area contributed by atoms with Gasteiger partial charge in [0, 0.05) is 51.4 Å². The monoisotopic (exact) mass is 440 g/mol.